The van der Waals surface area contributed by atoms with Crippen LogP contribution in [0.2, 0.25) is 0 Å². The number of carbonyl (C=O) groups excluding carboxylic acids is 1. The van der Waals surface area contributed by atoms with Gasteiger partial charge in [0.15, 0.2) is 5.16 Å². The van der Waals surface area contributed by atoms with Crippen molar-refractivity contribution in [2.75, 3.05) is 25.4 Å². The number of nitrogens with zero attached hydrogens (tertiary/aromatic N) is 3. The molecule has 144 valence electrons. The normalized spacial score (nSPS) is 13.9. The molecule has 2 aromatic heterocycles. The molecule has 28 heavy (non-hydrogen) atoms. The predicted octanol–water partition coefficient (Wildman–Crippen LogP) is 3.86. The van der Waals surface area contributed by atoms with Gasteiger partial charge in [-0.2, -0.15) is 0 Å². The van der Waals surface area contributed by atoms with Gasteiger partial charge in [-0.05, 0) is 11.6 Å². The molecule has 1 amide bonds. The Morgan fingerprint density at radius 2 is 2.11 bits per heavy atom. The van der Waals surface area contributed by atoms with Crippen LogP contribution in [-0.4, -0.2) is 46.0 Å². The minimum Gasteiger partial charge on any atom is -0.448 e. The van der Waals surface area contributed by atoms with Gasteiger partial charge in [-0.3, -0.25) is 9.36 Å². The summed E-state index contributed by atoms with van der Waals surface area (Å²) in [7, 11) is 0. The maximum atomic E-state index is 13.0. The lowest BCUT2D eigenvalue weighted by atomic mass is 10.2. The number of amides is 1. The number of hydrogen-bond donors (Lipinski definition) is 0. The molecule has 0 radical (unpaired) electrons. The van der Waals surface area contributed by atoms with Gasteiger partial charge in [0.25, 0.3) is 5.56 Å². The van der Waals surface area contributed by atoms with E-state index in [2.05, 4.69) is 6.58 Å². The molecule has 0 atom stereocenters. The summed E-state index contributed by atoms with van der Waals surface area (Å²) in [6.45, 7) is 5.76. The van der Waals surface area contributed by atoms with E-state index in [1.165, 1.54) is 23.1 Å². The van der Waals surface area contributed by atoms with Crippen LogP contribution in [0.4, 0.5) is 4.79 Å². The molecule has 0 spiro atoms. The third kappa shape index (κ3) is 3.70. The maximum Gasteiger partial charge on any atom is 0.409 e. The number of ether oxygens (including phenoxy) is 1. The van der Waals surface area contributed by atoms with Crippen molar-refractivity contribution in [1.29, 1.82) is 0 Å². The number of thioether (sulfide) groups is 1. The summed E-state index contributed by atoms with van der Waals surface area (Å²) in [6.07, 6.45) is 1.42. The van der Waals surface area contributed by atoms with Gasteiger partial charge < -0.3 is 9.64 Å². The molecule has 0 N–H and O–H groups in total. The van der Waals surface area contributed by atoms with Crippen molar-refractivity contribution in [3.05, 3.63) is 59.4 Å². The van der Waals surface area contributed by atoms with Crippen LogP contribution in [0.15, 0.2) is 59.0 Å². The Morgan fingerprint density at radius 3 is 2.82 bits per heavy atom. The predicted molar refractivity (Wildman–Crippen MR) is 113 cm³/mol. The largest absolute Gasteiger partial charge is 0.448 e. The number of rotatable bonds is 7. The van der Waals surface area contributed by atoms with E-state index in [-0.39, 0.29) is 11.7 Å². The molecule has 4 rings (SSSR count). The Balaban J connectivity index is 1.64. The van der Waals surface area contributed by atoms with Crippen molar-refractivity contribution >= 4 is 39.4 Å². The zero-order valence-corrected chi connectivity index (χ0v) is 16.8. The highest BCUT2D eigenvalue weighted by Crippen LogP contribution is 2.32. The lowest BCUT2D eigenvalue weighted by molar-refractivity contribution is 0.160. The standard InChI is InChI=1S/C20H19N3O3S2/c1-2-8-23-18(24)15-13-16(14-6-4-3-5-7-14)28-17(15)21-19(23)27-12-10-22-9-11-26-20(22)25/h2-7,13H,1,8-12H2. The smallest absolute Gasteiger partial charge is 0.409 e. The molecule has 0 unspecified atom stereocenters. The molecule has 6 nitrogen and oxygen atoms in total. The Labute approximate surface area is 170 Å². The first-order valence-electron chi connectivity index (χ1n) is 8.92. The van der Waals surface area contributed by atoms with E-state index >= 15 is 0 Å². The molecule has 3 heterocycles. The Morgan fingerprint density at radius 1 is 1.29 bits per heavy atom. The zero-order chi connectivity index (χ0) is 19.5. The molecule has 0 saturated carbocycles. The number of aromatic nitrogens is 2. The summed E-state index contributed by atoms with van der Waals surface area (Å²) >= 11 is 2.99. The summed E-state index contributed by atoms with van der Waals surface area (Å²) in [5, 5.41) is 1.27. The third-order valence-corrected chi connectivity index (χ3v) is 6.46. The average Bonchev–Trinajstić information content (AvgIpc) is 3.32. The molecule has 1 fully saturated rings. The summed E-state index contributed by atoms with van der Waals surface area (Å²) in [6, 6.07) is 11.9. The van der Waals surface area contributed by atoms with Crippen molar-refractivity contribution in [2.24, 2.45) is 0 Å². The van der Waals surface area contributed by atoms with Crippen LogP contribution in [0.1, 0.15) is 0 Å². The van der Waals surface area contributed by atoms with E-state index in [9.17, 15) is 9.59 Å². The summed E-state index contributed by atoms with van der Waals surface area (Å²) in [5.74, 6) is 0.640. The topological polar surface area (TPSA) is 64.4 Å². The quantitative estimate of drug-likeness (QED) is 0.334. The van der Waals surface area contributed by atoms with Crippen molar-refractivity contribution in [3.8, 4) is 10.4 Å². The average molecular weight is 414 g/mol. The second-order valence-corrected chi connectivity index (χ2v) is 8.34. The van der Waals surface area contributed by atoms with E-state index in [1.807, 2.05) is 36.4 Å². The number of thiophene rings is 1. The van der Waals surface area contributed by atoms with Gasteiger partial charge in [0.1, 0.15) is 11.4 Å². The first kappa shape index (κ1) is 18.8. The van der Waals surface area contributed by atoms with Gasteiger partial charge in [-0.1, -0.05) is 48.2 Å². The maximum absolute atomic E-state index is 13.0. The highest BCUT2D eigenvalue weighted by atomic mass is 32.2. The molecule has 1 aliphatic heterocycles. The van der Waals surface area contributed by atoms with Crippen molar-refractivity contribution in [2.45, 2.75) is 11.7 Å². The minimum absolute atomic E-state index is 0.0635. The number of benzene rings is 1. The fraction of sp³-hybridized carbons (Fsp3) is 0.250. The fourth-order valence-electron chi connectivity index (χ4n) is 3.02. The Kier molecular flexibility index (Phi) is 5.50. The number of hydrogen-bond acceptors (Lipinski definition) is 6. The van der Waals surface area contributed by atoms with Crippen LogP contribution in [0.5, 0.6) is 0 Å². The third-order valence-electron chi connectivity index (χ3n) is 4.42. The lowest BCUT2D eigenvalue weighted by Crippen LogP contribution is -2.27. The van der Waals surface area contributed by atoms with Crippen molar-refractivity contribution < 1.29 is 9.53 Å². The first-order valence-corrected chi connectivity index (χ1v) is 10.7. The SMILES string of the molecule is C=CCn1c(SCCN2CCOC2=O)nc2sc(-c3ccccc3)cc2c1=O. The second-order valence-electron chi connectivity index (χ2n) is 6.24. The molecule has 0 bridgehead atoms. The number of allylic oxidation sites excluding steroid dienone is 1. The molecule has 1 saturated heterocycles. The second kappa shape index (κ2) is 8.20. The molecule has 1 aliphatic rings. The molecule has 3 aromatic rings. The van der Waals surface area contributed by atoms with Gasteiger partial charge in [0, 0.05) is 23.7 Å². The molecule has 0 aliphatic carbocycles. The molecular formula is C20H19N3O3S2. The summed E-state index contributed by atoms with van der Waals surface area (Å²) in [5.41, 5.74) is 1.01. The molecule has 1 aromatic carbocycles. The highest BCUT2D eigenvalue weighted by Gasteiger charge is 2.22. The minimum atomic E-state index is -0.279. The number of carbonyl (C=O) groups is 1. The fourth-order valence-corrected chi connectivity index (χ4v) is 5.07. The Hall–Kier alpha value is -2.58. The van der Waals surface area contributed by atoms with Crippen molar-refractivity contribution in [3.63, 3.8) is 0 Å². The first-order chi connectivity index (χ1) is 13.7. The van der Waals surface area contributed by atoms with Crippen LogP contribution >= 0.6 is 23.1 Å². The summed E-state index contributed by atoms with van der Waals surface area (Å²) < 4.78 is 6.59. The van der Waals surface area contributed by atoms with Gasteiger partial charge >= 0.3 is 6.09 Å². The molecular weight excluding hydrogens is 394 g/mol. The van der Waals surface area contributed by atoms with E-state index in [1.54, 1.807) is 15.5 Å². The Bertz CT molecular complexity index is 1080. The van der Waals surface area contributed by atoms with E-state index in [0.717, 1.165) is 15.3 Å². The lowest BCUT2D eigenvalue weighted by Gasteiger charge is -2.13. The van der Waals surface area contributed by atoms with Gasteiger partial charge in [-0.15, -0.1) is 17.9 Å². The van der Waals surface area contributed by atoms with E-state index in [0.29, 0.717) is 42.5 Å². The monoisotopic (exact) mass is 413 g/mol. The zero-order valence-electron chi connectivity index (χ0n) is 15.2. The van der Waals surface area contributed by atoms with Gasteiger partial charge in [-0.25, -0.2) is 9.78 Å². The van der Waals surface area contributed by atoms with Gasteiger partial charge in [0.2, 0.25) is 0 Å². The number of fused-ring (bicyclic) bond motifs is 1. The van der Waals surface area contributed by atoms with Gasteiger partial charge in [0.05, 0.1) is 11.9 Å². The van der Waals surface area contributed by atoms with Crippen LogP contribution in [-0.2, 0) is 11.3 Å². The summed E-state index contributed by atoms with van der Waals surface area (Å²) in [4.78, 5) is 32.8. The molecule has 8 heteroatoms. The van der Waals surface area contributed by atoms with Crippen LogP contribution in [0.25, 0.3) is 20.7 Å². The van der Waals surface area contributed by atoms with Crippen LogP contribution in [0.3, 0.4) is 0 Å². The highest BCUT2D eigenvalue weighted by molar-refractivity contribution is 7.99. The van der Waals surface area contributed by atoms with Crippen molar-refractivity contribution in [1.82, 2.24) is 14.5 Å². The van der Waals surface area contributed by atoms with E-state index in [4.69, 9.17) is 9.72 Å². The number of cyclic esters (lactones) is 1. The van der Waals surface area contributed by atoms with Crippen LogP contribution < -0.4 is 5.56 Å². The van der Waals surface area contributed by atoms with Crippen LogP contribution in [0, 0.1) is 0 Å². The van der Waals surface area contributed by atoms with E-state index < -0.39 is 0 Å².